The van der Waals surface area contributed by atoms with E-state index in [1.54, 1.807) is 0 Å². The third kappa shape index (κ3) is 1.60. The van der Waals surface area contributed by atoms with Crippen LogP contribution in [0.3, 0.4) is 0 Å². The summed E-state index contributed by atoms with van der Waals surface area (Å²) >= 11 is 5.27. The molecule has 0 saturated heterocycles. The minimum absolute atomic E-state index is 0.454. The van der Waals surface area contributed by atoms with Crippen LogP contribution in [0.5, 0.6) is 0 Å². The second-order valence-electron chi connectivity index (χ2n) is 2.73. The molecule has 0 radical (unpaired) electrons. The van der Waals surface area contributed by atoms with E-state index in [4.69, 9.17) is 11.6 Å². The summed E-state index contributed by atoms with van der Waals surface area (Å²) in [6.45, 7) is 0. The lowest BCUT2D eigenvalue weighted by molar-refractivity contribution is -0.141. The molecule has 5 nitrogen and oxygen atoms in total. The summed E-state index contributed by atoms with van der Waals surface area (Å²) in [7, 11) is 0. The molecule has 9 heteroatoms. The summed E-state index contributed by atoms with van der Waals surface area (Å²) in [5, 5.41) is 2.47. The van der Waals surface area contributed by atoms with Gasteiger partial charge in [-0.05, 0) is 0 Å². The van der Waals surface area contributed by atoms with Crippen LogP contribution in [-0.2, 0) is 6.18 Å². The highest BCUT2D eigenvalue weighted by atomic mass is 35.5. The van der Waals surface area contributed by atoms with Crippen molar-refractivity contribution in [3.8, 4) is 0 Å². The van der Waals surface area contributed by atoms with E-state index in [2.05, 4.69) is 15.1 Å². The van der Waals surface area contributed by atoms with E-state index in [1.807, 2.05) is 0 Å². The number of halogens is 4. The van der Waals surface area contributed by atoms with E-state index in [-0.39, 0.29) is 0 Å². The molecular weight excluding hydrogens is 249 g/mol. The minimum atomic E-state index is -4.80. The molecular formula is C7H2ClF3N4O. The van der Waals surface area contributed by atoms with Crippen molar-refractivity contribution >= 4 is 17.4 Å². The SMILES string of the molecule is O=c1c(Cl)c(C(F)(F)F)nc2nccnn12. The zero-order valence-corrected chi connectivity index (χ0v) is 8.12. The predicted octanol–water partition coefficient (Wildman–Crippen LogP) is 1.16. The molecule has 2 aromatic heterocycles. The molecule has 0 aliphatic carbocycles. The molecule has 0 bridgehead atoms. The maximum absolute atomic E-state index is 12.4. The Bertz CT molecular complexity index is 609. The van der Waals surface area contributed by atoms with Gasteiger partial charge in [-0.25, -0.2) is 9.97 Å². The van der Waals surface area contributed by atoms with E-state index in [0.29, 0.717) is 4.52 Å². The molecule has 0 saturated carbocycles. The number of hydrogen-bond acceptors (Lipinski definition) is 4. The minimum Gasteiger partial charge on any atom is -0.265 e. The fraction of sp³-hybridized carbons (Fsp3) is 0.143. The van der Waals surface area contributed by atoms with Crippen molar-refractivity contribution in [3.63, 3.8) is 0 Å². The van der Waals surface area contributed by atoms with Gasteiger partial charge < -0.3 is 0 Å². The number of aromatic nitrogens is 4. The molecule has 0 N–H and O–H groups in total. The van der Waals surface area contributed by atoms with Crippen LogP contribution in [0.15, 0.2) is 17.2 Å². The summed E-state index contributed by atoms with van der Waals surface area (Å²) in [6.07, 6.45) is -2.54. The van der Waals surface area contributed by atoms with E-state index < -0.39 is 28.2 Å². The van der Waals surface area contributed by atoms with Gasteiger partial charge in [0.05, 0.1) is 12.4 Å². The summed E-state index contributed by atoms with van der Waals surface area (Å²) in [4.78, 5) is 18.0. The first-order valence-electron chi connectivity index (χ1n) is 3.88. The third-order valence-corrected chi connectivity index (χ3v) is 2.04. The van der Waals surface area contributed by atoms with Gasteiger partial charge in [0.2, 0.25) is 0 Å². The fourth-order valence-corrected chi connectivity index (χ4v) is 1.28. The standard InChI is InChI=1S/C7H2ClF3N4O/c8-3-4(7(9,10)11)14-6-12-1-2-13-15(6)5(3)16/h1-2H. The molecule has 0 fully saturated rings. The summed E-state index contributed by atoms with van der Waals surface area (Å²) in [5.74, 6) is -0.454. The average molecular weight is 251 g/mol. The van der Waals surface area contributed by atoms with Gasteiger partial charge in [-0.15, -0.1) is 0 Å². The molecule has 0 atom stereocenters. The highest BCUT2D eigenvalue weighted by Crippen LogP contribution is 2.31. The monoisotopic (exact) mass is 250 g/mol. The van der Waals surface area contributed by atoms with Gasteiger partial charge in [-0.2, -0.15) is 22.8 Å². The Morgan fingerprint density at radius 3 is 2.62 bits per heavy atom. The second kappa shape index (κ2) is 3.41. The van der Waals surface area contributed by atoms with Crippen molar-refractivity contribution in [2.24, 2.45) is 0 Å². The molecule has 0 spiro atoms. The van der Waals surface area contributed by atoms with Crippen LogP contribution in [0.1, 0.15) is 5.69 Å². The van der Waals surface area contributed by atoms with Crippen molar-refractivity contribution in [1.29, 1.82) is 0 Å². The lowest BCUT2D eigenvalue weighted by Crippen LogP contribution is -2.24. The number of alkyl halides is 3. The summed E-state index contributed by atoms with van der Waals surface area (Å²) in [6, 6.07) is 0. The molecule has 16 heavy (non-hydrogen) atoms. The zero-order valence-electron chi connectivity index (χ0n) is 7.36. The molecule has 0 aliphatic heterocycles. The van der Waals surface area contributed by atoms with Crippen LogP contribution in [-0.4, -0.2) is 19.6 Å². The Labute approximate surface area is 90.5 Å². The molecule has 2 aromatic rings. The quantitative estimate of drug-likeness (QED) is 0.704. The largest absolute Gasteiger partial charge is 0.435 e. The van der Waals surface area contributed by atoms with E-state index in [0.717, 1.165) is 12.4 Å². The Morgan fingerprint density at radius 1 is 1.31 bits per heavy atom. The van der Waals surface area contributed by atoms with Crippen molar-refractivity contribution in [2.45, 2.75) is 6.18 Å². The van der Waals surface area contributed by atoms with Crippen LogP contribution in [0.4, 0.5) is 13.2 Å². The summed E-state index contributed by atoms with van der Waals surface area (Å²) in [5.41, 5.74) is -2.56. The third-order valence-electron chi connectivity index (χ3n) is 1.70. The summed E-state index contributed by atoms with van der Waals surface area (Å²) < 4.78 is 37.8. The Hall–Kier alpha value is -1.70. The van der Waals surface area contributed by atoms with Crippen molar-refractivity contribution in [1.82, 2.24) is 19.6 Å². The van der Waals surface area contributed by atoms with E-state index in [9.17, 15) is 18.0 Å². The van der Waals surface area contributed by atoms with Crippen LogP contribution in [0.25, 0.3) is 5.78 Å². The van der Waals surface area contributed by atoms with Crippen LogP contribution >= 0.6 is 11.6 Å². The second-order valence-corrected chi connectivity index (χ2v) is 3.11. The lowest BCUT2D eigenvalue weighted by Gasteiger charge is -2.07. The van der Waals surface area contributed by atoms with Crippen molar-refractivity contribution < 1.29 is 13.2 Å². The van der Waals surface area contributed by atoms with E-state index >= 15 is 0 Å². The Morgan fingerprint density at radius 2 is 2.00 bits per heavy atom. The van der Waals surface area contributed by atoms with Gasteiger partial charge in [0.15, 0.2) is 5.69 Å². The lowest BCUT2D eigenvalue weighted by atomic mass is 10.4. The molecule has 2 rings (SSSR count). The van der Waals surface area contributed by atoms with Crippen molar-refractivity contribution in [3.05, 3.63) is 33.5 Å². The van der Waals surface area contributed by atoms with Crippen LogP contribution < -0.4 is 5.56 Å². The first-order chi connectivity index (χ1) is 7.41. The number of nitrogens with zero attached hydrogens (tertiary/aromatic N) is 4. The maximum Gasteiger partial charge on any atom is 0.435 e. The van der Waals surface area contributed by atoms with Crippen molar-refractivity contribution in [2.75, 3.05) is 0 Å². The van der Waals surface area contributed by atoms with Gasteiger partial charge in [0, 0.05) is 0 Å². The normalized spacial score (nSPS) is 12.0. The average Bonchev–Trinajstić information content (AvgIpc) is 2.22. The molecule has 0 aromatic carbocycles. The number of rotatable bonds is 0. The first kappa shape index (κ1) is 10.8. The van der Waals surface area contributed by atoms with Crippen LogP contribution in [0.2, 0.25) is 5.02 Å². The zero-order chi connectivity index (χ0) is 11.9. The topological polar surface area (TPSA) is 60.2 Å². The molecule has 0 amide bonds. The molecule has 0 unspecified atom stereocenters. The van der Waals surface area contributed by atoms with Gasteiger partial charge in [-0.1, -0.05) is 11.6 Å². The molecule has 0 aliphatic rings. The van der Waals surface area contributed by atoms with E-state index in [1.165, 1.54) is 0 Å². The molecule has 2 heterocycles. The first-order valence-corrected chi connectivity index (χ1v) is 4.26. The van der Waals surface area contributed by atoms with Gasteiger partial charge >= 0.3 is 6.18 Å². The molecule has 84 valence electrons. The van der Waals surface area contributed by atoms with Crippen LogP contribution in [0, 0.1) is 0 Å². The van der Waals surface area contributed by atoms with Gasteiger partial charge in [-0.3, -0.25) is 4.79 Å². The van der Waals surface area contributed by atoms with Gasteiger partial charge in [0.1, 0.15) is 5.02 Å². The number of hydrogen-bond donors (Lipinski definition) is 0. The highest BCUT2D eigenvalue weighted by molar-refractivity contribution is 6.31. The smallest absolute Gasteiger partial charge is 0.265 e. The highest BCUT2D eigenvalue weighted by Gasteiger charge is 2.37. The Balaban J connectivity index is 2.90. The fourth-order valence-electron chi connectivity index (χ4n) is 1.05. The maximum atomic E-state index is 12.4. The number of fused-ring (bicyclic) bond motifs is 1. The Kier molecular flexibility index (Phi) is 2.30. The van der Waals surface area contributed by atoms with Gasteiger partial charge in [0.25, 0.3) is 11.3 Å². The predicted molar refractivity (Wildman–Crippen MR) is 47.1 cm³/mol.